The van der Waals surface area contributed by atoms with Crippen molar-refractivity contribution in [3.05, 3.63) is 11.7 Å². The van der Waals surface area contributed by atoms with Gasteiger partial charge in [0.05, 0.1) is 11.2 Å². The Morgan fingerprint density at radius 2 is 2.33 bits per heavy atom. The van der Waals surface area contributed by atoms with Crippen LogP contribution >= 0.6 is 11.8 Å². The SMILES string of the molecule is CCNC(C)C(CC)c1nc(C2CCCS2)no1. The van der Waals surface area contributed by atoms with E-state index in [1.54, 1.807) is 0 Å². The Morgan fingerprint density at radius 1 is 1.50 bits per heavy atom. The predicted octanol–water partition coefficient (Wildman–Crippen LogP) is 3.13. The van der Waals surface area contributed by atoms with E-state index >= 15 is 0 Å². The van der Waals surface area contributed by atoms with Gasteiger partial charge in [0.2, 0.25) is 5.89 Å². The average molecular weight is 269 g/mol. The fourth-order valence-electron chi connectivity index (χ4n) is 2.52. The minimum Gasteiger partial charge on any atom is -0.339 e. The van der Waals surface area contributed by atoms with Crippen LogP contribution in [0.15, 0.2) is 4.52 Å². The van der Waals surface area contributed by atoms with Crippen LogP contribution in [-0.4, -0.2) is 28.5 Å². The van der Waals surface area contributed by atoms with Crippen LogP contribution in [0.1, 0.15) is 62.9 Å². The number of hydrogen-bond donors (Lipinski definition) is 1. The number of nitrogens with zero attached hydrogens (tertiary/aromatic N) is 2. The van der Waals surface area contributed by atoms with Crippen LogP contribution in [0.25, 0.3) is 0 Å². The zero-order valence-electron chi connectivity index (χ0n) is 11.5. The molecule has 1 aliphatic rings. The third-order valence-corrected chi connectivity index (χ3v) is 4.94. The van der Waals surface area contributed by atoms with Crippen molar-refractivity contribution in [1.29, 1.82) is 0 Å². The Bertz CT molecular complexity index is 363. The Kier molecular flexibility index (Phi) is 5.06. The quantitative estimate of drug-likeness (QED) is 0.860. The first-order chi connectivity index (χ1) is 8.76. The van der Waals surface area contributed by atoms with Gasteiger partial charge in [-0.3, -0.25) is 0 Å². The molecule has 0 amide bonds. The molecule has 0 aromatic carbocycles. The maximum atomic E-state index is 5.48. The van der Waals surface area contributed by atoms with Crippen LogP contribution in [-0.2, 0) is 0 Å². The van der Waals surface area contributed by atoms with Crippen molar-refractivity contribution >= 4 is 11.8 Å². The van der Waals surface area contributed by atoms with Crippen molar-refractivity contribution in [2.45, 2.75) is 57.2 Å². The molecule has 102 valence electrons. The Labute approximate surface area is 113 Å². The van der Waals surface area contributed by atoms with Crippen molar-refractivity contribution in [3.63, 3.8) is 0 Å². The highest BCUT2D eigenvalue weighted by Gasteiger charge is 2.27. The lowest BCUT2D eigenvalue weighted by Gasteiger charge is -2.19. The van der Waals surface area contributed by atoms with Crippen molar-refractivity contribution in [3.8, 4) is 0 Å². The Morgan fingerprint density at radius 3 is 2.94 bits per heavy atom. The standard InChI is InChI=1S/C13H23N3OS/c1-4-10(9(3)14-5-2)13-15-12(16-17-13)11-7-6-8-18-11/h9-11,14H,4-8H2,1-3H3. The van der Waals surface area contributed by atoms with Gasteiger partial charge in [0, 0.05) is 6.04 Å². The van der Waals surface area contributed by atoms with E-state index in [1.807, 2.05) is 11.8 Å². The lowest BCUT2D eigenvalue weighted by atomic mass is 9.98. The van der Waals surface area contributed by atoms with E-state index in [0.29, 0.717) is 17.2 Å². The normalized spacial score (nSPS) is 23.2. The number of aromatic nitrogens is 2. The van der Waals surface area contributed by atoms with Crippen molar-refractivity contribution in [1.82, 2.24) is 15.5 Å². The molecule has 0 aliphatic carbocycles. The maximum Gasteiger partial charge on any atom is 0.231 e. The van der Waals surface area contributed by atoms with Gasteiger partial charge in [-0.25, -0.2) is 0 Å². The topological polar surface area (TPSA) is 51.0 Å². The molecular formula is C13H23N3OS. The van der Waals surface area contributed by atoms with E-state index in [9.17, 15) is 0 Å². The van der Waals surface area contributed by atoms with E-state index in [0.717, 1.165) is 24.7 Å². The molecule has 0 saturated carbocycles. The van der Waals surface area contributed by atoms with Gasteiger partial charge < -0.3 is 9.84 Å². The van der Waals surface area contributed by atoms with Gasteiger partial charge >= 0.3 is 0 Å². The molecule has 0 spiro atoms. The van der Waals surface area contributed by atoms with Crippen LogP contribution in [0.3, 0.4) is 0 Å². The fraction of sp³-hybridized carbons (Fsp3) is 0.846. The minimum atomic E-state index is 0.317. The third kappa shape index (κ3) is 3.06. The molecule has 0 bridgehead atoms. The summed E-state index contributed by atoms with van der Waals surface area (Å²) in [5.41, 5.74) is 0. The molecule has 2 rings (SSSR count). The minimum absolute atomic E-state index is 0.317. The smallest absolute Gasteiger partial charge is 0.231 e. The molecule has 1 aromatic heterocycles. The monoisotopic (exact) mass is 269 g/mol. The molecule has 2 heterocycles. The first-order valence-electron chi connectivity index (χ1n) is 6.94. The summed E-state index contributed by atoms with van der Waals surface area (Å²) in [7, 11) is 0. The summed E-state index contributed by atoms with van der Waals surface area (Å²) in [6.45, 7) is 7.45. The molecule has 1 saturated heterocycles. The summed E-state index contributed by atoms with van der Waals surface area (Å²) in [4.78, 5) is 4.63. The molecule has 0 radical (unpaired) electrons. The van der Waals surface area contributed by atoms with Crippen molar-refractivity contribution in [2.75, 3.05) is 12.3 Å². The highest BCUT2D eigenvalue weighted by molar-refractivity contribution is 7.99. The van der Waals surface area contributed by atoms with Crippen LogP contribution in [0.5, 0.6) is 0 Å². The Hall–Kier alpha value is -0.550. The zero-order chi connectivity index (χ0) is 13.0. The van der Waals surface area contributed by atoms with Crippen LogP contribution < -0.4 is 5.32 Å². The highest BCUT2D eigenvalue weighted by Crippen LogP contribution is 2.38. The van der Waals surface area contributed by atoms with Gasteiger partial charge in [-0.1, -0.05) is 19.0 Å². The molecule has 3 atom stereocenters. The van der Waals surface area contributed by atoms with Crippen molar-refractivity contribution < 1.29 is 4.52 Å². The van der Waals surface area contributed by atoms with E-state index in [1.165, 1.54) is 18.6 Å². The molecule has 1 N–H and O–H groups in total. The van der Waals surface area contributed by atoms with Crippen LogP contribution in [0, 0.1) is 0 Å². The van der Waals surface area contributed by atoms with E-state index in [2.05, 4.69) is 36.2 Å². The second kappa shape index (κ2) is 6.57. The molecule has 3 unspecified atom stereocenters. The van der Waals surface area contributed by atoms with Crippen LogP contribution in [0.2, 0.25) is 0 Å². The summed E-state index contributed by atoms with van der Waals surface area (Å²) in [5.74, 6) is 3.24. The second-order valence-electron chi connectivity index (χ2n) is 4.85. The summed E-state index contributed by atoms with van der Waals surface area (Å²) >= 11 is 1.95. The Balaban J connectivity index is 2.06. The second-order valence-corrected chi connectivity index (χ2v) is 6.16. The van der Waals surface area contributed by atoms with Crippen LogP contribution in [0.4, 0.5) is 0 Å². The number of likely N-dealkylation sites (N-methyl/N-ethyl adjacent to an activating group) is 1. The van der Waals surface area contributed by atoms with Crippen molar-refractivity contribution in [2.24, 2.45) is 0 Å². The molecule has 1 aromatic rings. The maximum absolute atomic E-state index is 5.48. The third-order valence-electron chi connectivity index (χ3n) is 3.56. The van der Waals surface area contributed by atoms with Gasteiger partial charge in [-0.15, -0.1) is 0 Å². The average Bonchev–Trinajstić information content (AvgIpc) is 3.00. The first-order valence-corrected chi connectivity index (χ1v) is 7.99. The molecule has 18 heavy (non-hydrogen) atoms. The first kappa shape index (κ1) is 13.9. The molecule has 4 nitrogen and oxygen atoms in total. The summed E-state index contributed by atoms with van der Waals surface area (Å²) in [6, 6.07) is 0.379. The molecule has 5 heteroatoms. The van der Waals surface area contributed by atoms with Gasteiger partial charge in [-0.05, 0) is 38.5 Å². The molecular weight excluding hydrogens is 246 g/mol. The molecule has 1 aliphatic heterocycles. The zero-order valence-corrected chi connectivity index (χ0v) is 12.3. The lowest BCUT2D eigenvalue weighted by Crippen LogP contribution is -2.31. The number of rotatable bonds is 6. The lowest BCUT2D eigenvalue weighted by molar-refractivity contribution is 0.315. The van der Waals surface area contributed by atoms with Gasteiger partial charge in [-0.2, -0.15) is 16.7 Å². The van der Waals surface area contributed by atoms with E-state index in [-0.39, 0.29) is 0 Å². The summed E-state index contributed by atoms with van der Waals surface area (Å²) in [6.07, 6.45) is 3.47. The number of hydrogen-bond acceptors (Lipinski definition) is 5. The largest absolute Gasteiger partial charge is 0.339 e. The van der Waals surface area contributed by atoms with Gasteiger partial charge in [0.1, 0.15) is 0 Å². The summed E-state index contributed by atoms with van der Waals surface area (Å²) < 4.78 is 5.48. The van der Waals surface area contributed by atoms with E-state index in [4.69, 9.17) is 4.52 Å². The number of thioether (sulfide) groups is 1. The predicted molar refractivity (Wildman–Crippen MR) is 74.9 cm³/mol. The number of nitrogens with one attached hydrogen (secondary N) is 1. The van der Waals surface area contributed by atoms with E-state index < -0.39 is 0 Å². The summed E-state index contributed by atoms with van der Waals surface area (Å²) in [5, 5.41) is 8.07. The van der Waals surface area contributed by atoms with Gasteiger partial charge in [0.15, 0.2) is 5.82 Å². The highest BCUT2D eigenvalue weighted by atomic mass is 32.2. The van der Waals surface area contributed by atoms with Gasteiger partial charge in [0.25, 0.3) is 0 Å². The molecule has 1 fully saturated rings. The fourth-order valence-corrected chi connectivity index (χ4v) is 3.71.